The van der Waals surface area contributed by atoms with Gasteiger partial charge in [-0.05, 0) is 38.8 Å². The Hall–Kier alpha value is -2.54. The Morgan fingerprint density at radius 3 is 2.46 bits per heavy atom. The van der Waals surface area contributed by atoms with E-state index < -0.39 is 23.8 Å². The largest absolute Gasteiger partial charge is 0.461 e. The zero-order chi connectivity index (χ0) is 18.2. The van der Waals surface area contributed by atoms with Crippen molar-refractivity contribution >= 4 is 12.1 Å². The average molecular weight is 335 g/mol. The van der Waals surface area contributed by atoms with Gasteiger partial charge in [-0.1, -0.05) is 30.3 Å². The fourth-order valence-electron chi connectivity index (χ4n) is 1.94. The van der Waals surface area contributed by atoms with Gasteiger partial charge < -0.3 is 20.5 Å². The maximum absolute atomic E-state index is 11.9. The molecule has 5 N–H and O–H groups in total. The zero-order valence-electron chi connectivity index (χ0n) is 14.2. The van der Waals surface area contributed by atoms with E-state index in [1.807, 2.05) is 30.3 Å². The van der Waals surface area contributed by atoms with Gasteiger partial charge in [0.2, 0.25) is 0 Å². The van der Waals surface area contributed by atoms with E-state index in [1.54, 1.807) is 20.8 Å². The maximum Gasteiger partial charge on any atom is 0.409 e. The molecule has 1 unspecified atom stereocenters. The van der Waals surface area contributed by atoms with Crippen molar-refractivity contribution in [3.8, 4) is 0 Å². The Morgan fingerprint density at radius 1 is 1.29 bits per heavy atom. The van der Waals surface area contributed by atoms with Crippen LogP contribution in [0.5, 0.6) is 0 Å². The van der Waals surface area contributed by atoms with Gasteiger partial charge in [-0.3, -0.25) is 5.73 Å². The fraction of sp³-hybridized carbons (Fsp3) is 0.412. The molecule has 24 heavy (non-hydrogen) atoms. The smallest absolute Gasteiger partial charge is 0.409 e. The van der Waals surface area contributed by atoms with Gasteiger partial charge in [0.15, 0.2) is 5.72 Å². The molecule has 0 aliphatic rings. The van der Waals surface area contributed by atoms with Gasteiger partial charge >= 0.3 is 12.1 Å². The number of alkyl carbamates (subject to hydrolysis) is 1. The summed E-state index contributed by atoms with van der Waals surface area (Å²) in [5.74, 6) is -0.634. The van der Waals surface area contributed by atoms with Crippen molar-refractivity contribution in [2.45, 2.75) is 39.0 Å². The van der Waals surface area contributed by atoms with Gasteiger partial charge in [-0.25, -0.2) is 9.59 Å². The van der Waals surface area contributed by atoms with Gasteiger partial charge in [0.05, 0.1) is 12.6 Å². The van der Waals surface area contributed by atoms with Crippen molar-refractivity contribution in [2.24, 2.45) is 11.5 Å². The SMILES string of the molecule is CCOC(=O)/C(N)=C/C(Cc1ccccc1)NC(=O)OC(C)(C)N. The van der Waals surface area contributed by atoms with E-state index in [1.165, 1.54) is 6.08 Å². The lowest BCUT2D eigenvalue weighted by atomic mass is 10.1. The molecule has 1 amide bonds. The number of esters is 1. The van der Waals surface area contributed by atoms with Crippen molar-refractivity contribution in [3.05, 3.63) is 47.7 Å². The molecular formula is C17H25N3O4. The van der Waals surface area contributed by atoms with Crippen LogP contribution in [-0.4, -0.2) is 30.4 Å². The summed E-state index contributed by atoms with van der Waals surface area (Å²) in [5, 5.41) is 2.64. The molecule has 1 aromatic carbocycles. The molecule has 0 aliphatic carbocycles. The summed E-state index contributed by atoms with van der Waals surface area (Å²) in [6, 6.07) is 8.91. The topological polar surface area (TPSA) is 117 Å². The first-order chi connectivity index (χ1) is 11.2. The molecule has 1 rings (SSSR count). The van der Waals surface area contributed by atoms with Crippen LogP contribution in [0.2, 0.25) is 0 Å². The summed E-state index contributed by atoms with van der Waals surface area (Å²) < 4.78 is 9.88. The molecule has 1 atom stereocenters. The van der Waals surface area contributed by atoms with E-state index in [9.17, 15) is 9.59 Å². The number of carbonyl (C=O) groups excluding carboxylic acids is 2. The van der Waals surface area contributed by atoms with Crippen LogP contribution in [0.4, 0.5) is 4.79 Å². The minimum Gasteiger partial charge on any atom is -0.461 e. The molecule has 0 aromatic heterocycles. The molecule has 7 heteroatoms. The normalized spacial score (nSPS) is 13.1. The highest BCUT2D eigenvalue weighted by Gasteiger charge is 2.20. The van der Waals surface area contributed by atoms with E-state index >= 15 is 0 Å². The van der Waals surface area contributed by atoms with Crippen LogP contribution >= 0.6 is 0 Å². The number of hydrogen-bond acceptors (Lipinski definition) is 6. The van der Waals surface area contributed by atoms with E-state index in [0.717, 1.165) is 5.56 Å². The quantitative estimate of drug-likeness (QED) is 0.394. The number of ether oxygens (including phenoxy) is 2. The van der Waals surface area contributed by atoms with Crippen LogP contribution in [-0.2, 0) is 20.7 Å². The van der Waals surface area contributed by atoms with Gasteiger partial charge in [0.25, 0.3) is 0 Å². The van der Waals surface area contributed by atoms with Gasteiger partial charge in [0, 0.05) is 0 Å². The molecule has 0 saturated carbocycles. The van der Waals surface area contributed by atoms with Crippen molar-refractivity contribution in [2.75, 3.05) is 6.61 Å². The van der Waals surface area contributed by atoms with Crippen LogP contribution < -0.4 is 16.8 Å². The predicted octanol–water partition coefficient (Wildman–Crippen LogP) is 1.42. The third-order valence-corrected chi connectivity index (χ3v) is 2.85. The van der Waals surface area contributed by atoms with E-state index in [-0.39, 0.29) is 12.3 Å². The summed E-state index contributed by atoms with van der Waals surface area (Å²) in [6.07, 6.45) is 1.17. The minimum absolute atomic E-state index is 0.0786. The first-order valence-electron chi connectivity index (χ1n) is 7.68. The predicted molar refractivity (Wildman–Crippen MR) is 90.7 cm³/mol. The van der Waals surface area contributed by atoms with Crippen LogP contribution in [0.1, 0.15) is 26.3 Å². The number of amides is 1. The van der Waals surface area contributed by atoms with Crippen molar-refractivity contribution < 1.29 is 19.1 Å². The summed E-state index contributed by atoms with van der Waals surface area (Å²) in [4.78, 5) is 23.6. The van der Waals surface area contributed by atoms with E-state index in [2.05, 4.69) is 5.32 Å². The average Bonchev–Trinajstić information content (AvgIpc) is 2.46. The Bertz CT molecular complexity index is 579. The van der Waals surface area contributed by atoms with Crippen LogP contribution in [0, 0.1) is 0 Å². The van der Waals surface area contributed by atoms with Crippen LogP contribution in [0.25, 0.3) is 0 Å². The Labute approximate surface area is 142 Å². The monoisotopic (exact) mass is 335 g/mol. The Morgan fingerprint density at radius 2 is 1.92 bits per heavy atom. The summed E-state index contributed by atoms with van der Waals surface area (Å²) in [6.45, 7) is 5.02. The molecule has 0 bridgehead atoms. The molecule has 0 saturated heterocycles. The standard InChI is InChI=1S/C17H25N3O4/c1-4-23-15(21)14(18)11-13(10-12-8-6-5-7-9-12)20-16(22)24-17(2,3)19/h5-9,11,13H,4,10,18-19H2,1-3H3,(H,20,22)/b14-11-. The number of carbonyl (C=O) groups is 2. The lowest BCUT2D eigenvalue weighted by molar-refractivity contribution is -0.138. The molecule has 0 spiro atoms. The Balaban J connectivity index is 2.88. The number of nitrogens with one attached hydrogen (secondary N) is 1. The number of nitrogens with two attached hydrogens (primary N) is 2. The highest BCUT2D eigenvalue weighted by Crippen LogP contribution is 2.07. The van der Waals surface area contributed by atoms with Crippen LogP contribution in [0.15, 0.2) is 42.1 Å². The fourth-order valence-corrected chi connectivity index (χ4v) is 1.94. The molecule has 0 heterocycles. The minimum atomic E-state index is -1.11. The lowest BCUT2D eigenvalue weighted by Crippen LogP contribution is -2.44. The summed E-state index contributed by atoms with van der Waals surface area (Å²) >= 11 is 0. The van der Waals surface area contributed by atoms with Gasteiger partial charge in [0.1, 0.15) is 5.70 Å². The molecule has 0 radical (unpaired) electrons. The molecule has 7 nitrogen and oxygen atoms in total. The Kier molecular flexibility index (Phi) is 7.26. The third-order valence-electron chi connectivity index (χ3n) is 2.85. The summed E-state index contributed by atoms with van der Waals surface area (Å²) in [7, 11) is 0. The maximum atomic E-state index is 11.9. The molecule has 0 aliphatic heterocycles. The van der Waals surface area contributed by atoms with Gasteiger partial charge in [-0.15, -0.1) is 0 Å². The number of rotatable bonds is 7. The molecule has 1 aromatic rings. The highest BCUT2D eigenvalue weighted by molar-refractivity contribution is 5.87. The van der Waals surface area contributed by atoms with E-state index in [0.29, 0.717) is 6.42 Å². The van der Waals surface area contributed by atoms with Gasteiger partial charge in [-0.2, -0.15) is 0 Å². The second-order valence-electron chi connectivity index (χ2n) is 5.78. The van der Waals surface area contributed by atoms with E-state index in [4.69, 9.17) is 20.9 Å². The number of hydrogen-bond donors (Lipinski definition) is 3. The molecular weight excluding hydrogens is 310 g/mol. The second kappa shape index (κ2) is 8.93. The number of benzene rings is 1. The van der Waals surface area contributed by atoms with Crippen LogP contribution in [0.3, 0.4) is 0 Å². The first-order valence-corrected chi connectivity index (χ1v) is 7.68. The van der Waals surface area contributed by atoms with Crippen molar-refractivity contribution in [1.29, 1.82) is 0 Å². The second-order valence-corrected chi connectivity index (χ2v) is 5.78. The molecule has 132 valence electrons. The zero-order valence-corrected chi connectivity index (χ0v) is 14.2. The van der Waals surface area contributed by atoms with Crippen molar-refractivity contribution in [3.63, 3.8) is 0 Å². The third kappa shape index (κ3) is 7.64. The lowest BCUT2D eigenvalue weighted by Gasteiger charge is -2.22. The highest BCUT2D eigenvalue weighted by atomic mass is 16.6. The first kappa shape index (κ1) is 19.5. The summed E-state index contributed by atoms with van der Waals surface area (Å²) in [5.41, 5.74) is 11.2. The molecule has 0 fully saturated rings. The van der Waals surface area contributed by atoms with Crippen molar-refractivity contribution in [1.82, 2.24) is 5.32 Å².